The summed E-state index contributed by atoms with van der Waals surface area (Å²) in [6, 6.07) is 0. The highest BCUT2D eigenvalue weighted by Crippen LogP contribution is 2.09. The summed E-state index contributed by atoms with van der Waals surface area (Å²) in [5.41, 5.74) is 5.33. The van der Waals surface area contributed by atoms with Gasteiger partial charge in [-0.05, 0) is 18.6 Å². The Morgan fingerprint density at radius 2 is 1.19 bits per heavy atom. The molecule has 0 saturated heterocycles. The predicted molar refractivity (Wildman–Crippen MR) is 75.3 cm³/mol. The Kier molecular flexibility index (Phi) is 15.5. The van der Waals surface area contributed by atoms with E-state index in [2.05, 4.69) is 12.6 Å². The molecule has 0 aromatic rings. The van der Waals surface area contributed by atoms with Gasteiger partial charge in [-0.25, -0.2) is 0 Å². The van der Waals surface area contributed by atoms with Crippen molar-refractivity contribution in [3.8, 4) is 0 Å². The third kappa shape index (κ3) is 14.3. The molecule has 0 unspecified atom stereocenters. The highest BCUT2D eigenvalue weighted by Gasteiger charge is 1.92. The van der Waals surface area contributed by atoms with Crippen LogP contribution in [-0.4, -0.2) is 25.5 Å². The maximum atomic E-state index is 5.33. The zero-order valence-electron chi connectivity index (χ0n) is 10.6. The first-order valence-corrected chi connectivity index (χ1v) is 7.43. The van der Waals surface area contributed by atoms with E-state index < -0.39 is 0 Å². The second kappa shape index (κ2) is 15.3. The maximum absolute atomic E-state index is 5.33. The molecule has 0 aliphatic rings. The molecule has 0 saturated carbocycles. The van der Waals surface area contributed by atoms with Gasteiger partial charge in [-0.3, -0.25) is 0 Å². The average Bonchev–Trinajstić information content (AvgIpc) is 2.31. The fourth-order valence-corrected chi connectivity index (χ4v) is 1.96. The summed E-state index contributed by atoms with van der Waals surface area (Å²) in [6.07, 6.45) is 12.1. The number of unbranched alkanes of at least 4 members (excludes halogenated alkanes) is 8. The fourth-order valence-electron chi connectivity index (χ4n) is 1.74. The first-order chi connectivity index (χ1) is 7.91. The third-order valence-corrected chi connectivity index (χ3v) is 3.03. The lowest BCUT2D eigenvalue weighted by Crippen LogP contribution is -2.08. The van der Waals surface area contributed by atoms with Crippen molar-refractivity contribution in [3.63, 3.8) is 0 Å². The van der Waals surface area contributed by atoms with Crippen molar-refractivity contribution in [3.05, 3.63) is 0 Å². The Balaban J connectivity index is 2.83. The van der Waals surface area contributed by atoms with Crippen LogP contribution in [0, 0.1) is 0 Å². The van der Waals surface area contributed by atoms with Crippen molar-refractivity contribution in [1.82, 2.24) is 0 Å². The minimum atomic E-state index is 0.645. The van der Waals surface area contributed by atoms with Gasteiger partial charge in [-0.2, -0.15) is 12.6 Å². The van der Waals surface area contributed by atoms with Gasteiger partial charge in [0.1, 0.15) is 0 Å². The Hall–Kier alpha value is 0.270. The van der Waals surface area contributed by atoms with Crippen LogP contribution in [0.25, 0.3) is 0 Å². The van der Waals surface area contributed by atoms with Gasteiger partial charge in [-0.1, -0.05) is 44.9 Å². The Labute approximate surface area is 107 Å². The van der Waals surface area contributed by atoms with E-state index in [1.807, 2.05) is 0 Å². The van der Waals surface area contributed by atoms with Crippen molar-refractivity contribution in [2.24, 2.45) is 5.73 Å². The van der Waals surface area contributed by atoms with Crippen molar-refractivity contribution in [1.29, 1.82) is 0 Å². The Morgan fingerprint density at radius 1 is 0.688 bits per heavy atom. The zero-order chi connectivity index (χ0) is 11.9. The minimum Gasteiger partial charge on any atom is -0.380 e. The molecule has 0 rings (SSSR count). The molecule has 0 amide bonds. The molecule has 0 bridgehead atoms. The predicted octanol–water partition coefficient (Wildman–Crippen LogP) is 3.40. The molecule has 0 radical (unpaired) electrons. The van der Waals surface area contributed by atoms with Gasteiger partial charge in [-0.15, -0.1) is 0 Å². The first-order valence-electron chi connectivity index (χ1n) is 6.80. The van der Waals surface area contributed by atoms with E-state index in [0.717, 1.165) is 12.4 Å². The van der Waals surface area contributed by atoms with Gasteiger partial charge >= 0.3 is 0 Å². The van der Waals surface area contributed by atoms with Crippen LogP contribution >= 0.6 is 12.6 Å². The number of ether oxygens (including phenoxy) is 1. The molecule has 0 aromatic carbocycles. The van der Waals surface area contributed by atoms with E-state index in [1.54, 1.807) is 0 Å². The molecule has 0 aliphatic heterocycles. The summed E-state index contributed by atoms with van der Waals surface area (Å²) in [6.45, 7) is 2.25. The molecule has 0 aromatic heterocycles. The van der Waals surface area contributed by atoms with Gasteiger partial charge in [0, 0.05) is 13.2 Å². The summed E-state index contributed by atoms with van der Waals surface area (Å²) in [7, 11) is 0. The summed E-state index contributed by atoms with van der Waals surface area (Å²) in [4.78, 5) is 0. The largest absolute Gasteiger partial charge is 0.380 e. The zero-order valence-corrected chi connectivity index (χ0v) is 11.5. The van der Waals surface area contributed by atoms with Gasteiger partial charge in [0.2, 0.25) is 0 Å². The van der Waals surface area contributed by atoms with Crippen molar-refractivity contribution < 1.29 is 4.74 Å². The molecule has 98 valence electrons. The van der Waals surface area contributed by atoms with E-state index in [0.29, 0.717) is 13.2 Å². The highest BCUT2D eigenvalue weighted by atomic mass is 32.1. The SMILES string of the molecule is NCCOCCCCCCCCCCCS. The smallest absolute Gasteiger partial charge is 0.0588 e. The molecule has 0 aliphatic carbocycles. The van der Waals surface area contributed by atoms with Crippen molar-refractivity contribution in [2.75, 3.05) is 25.5 Å². The van der Waals surface area contributed by atoms with E-state index in [1.165, 1.54) is 57.8 Å². The van der Waals surface area contributed by atoms with Crippen molar-refractivity contribution in [2.45, 2.75) is 57.8 Å². The molecule has 0 heterocycles. The topological polar surface area (TPSA) is 35.2 Å². The normalized spacial score (nSPS) is 10.9. The fraction of sp³-hybridized carbons (Fsp3) is 1.00. The minimum absolute atomic E-state index is 0.645. The molecule has 3 heteroatoms. The summed E-state index contributed by atoms with van der Waals surface area (Å²) in [5, 5.41) is 0. The van der Waals surface area contributed by atoms with Crippen molar-refractivity contribution >= 4 is 12.6 Å². The Morgan fingerprint density at radius 3 is 1.69 bits per heavy atom. The lowest BCUT2D eigenvalue weighted by molar-refractivity contribution is 0.137. The molecule has 2 nitrogen and oxygen atoms in total. The standard InChI is InChI=1S/C13H29NOS/c14-10-12-15-11-8-6-4-2-1-3-5-7-9-13-16/h16H,1-14H2. The molecule has 16 heavy (non-hydrogen) atoms. The number of nitrogens with two attached hydrogens (primary N) is 1. The van der Waals surface area contributed by atoms with Crippen LogP contribution in [-0.2, 0) is 4.74 Å². The second-order valence-corrected chi connectivity index (χ2v) is 4.75. The second-order valence-electron chi connectivity index (χ2n) is 4.31. The van der Waals surface area contributed by atoms with Crippen LogP contribution in [0.15, 0.2) is 0 Å². The van der Waals surface area contributed by atoms with Crippen LogP contribution in [0.2, 0.25) is 0 Å². The Bertz CT molecular complexity index is 109. The maximum Gasteiger partial charge on any atom is 0.0588 e. The molecule has 2 N–H and O–H groups in total. The summed E-state index contributed by atoms with van der Waals surface area (Å²) in [5.74, 6) is 1.04. The van der Waals surface area contributed by atoms with Gasteiger partial charge in [0.15, 0.2) is 0 Å². The quantitative estimate of drug-likeness (QED) is 0.386. The van der Waals surface area contributed by atoms with Crippen LogP contribution in [0.1, 0.15) is 57.8 Å². The first kappa shape index (κ1) is 16.3. The van der Waals surface area contributed by atoms with Crippen LogP contribution in [0.5, 0.6) is 0 Å². The number of hydrogen-bond donors (Lipinski definition) is 2. The van der Waals surface area contributed by atoms with Gasteiger partial charge in [0.05, 0.1) is 6.61 Å². The lowest BCUT2D eigenvalue weighted by atomic mass is 10.1. The van der Waals surface area contributed by atoms with Gasteiger partial charge in [0.25, 0.3) is 0 Å². The monoisotopic (exact) mass is 247 g/mol. The third-order valence-electron chi connectivity index (χ3n) is 2.71. The molecule has 0 atom stereocenters. The summed E-state index contributed by atoms with van der Waals surface area (Å²) >= 11 is 4.21. The van der Waals surface area contributed by atoms with Crippen LogP contribution in [0.4, 0.5) is 0 Å². The molecule has 0 fully saturated rings. The number of thiol groups is 1. The van der Waals surface area contributed by atoms with Crippen LogP contribution in [0.3, 0.4) is 0 Å². The van der Waals surface area contributed by atoms with E-state index >= 15 is 0 Å². The number of hydrogen-bond acceptors (Lipinski definition) is 3. The number of rotatable bonds is 13. The highest BCUT2D eigenvalue weighted by molar-refractivity contribution is 7.80. The summed E-state index contributed by atoms with van der Waals surface area (Å²) < 4.78 is 5.32. The van der Waals surface area contributed by atoms with E-state index in [4.69, 9.17) is 10.5 Å². The van der Waals surface area contributed by atoms with Crippen LogP contribution < -0.4 is 5.73 Å². The van der Waals surface area contributed by atoms with E-state index in [-0.39, 0.29) is 0 Å². The molecule has 0 spiro atoms. The van der Waals surface area contributed by atoms with E-state index in [9.17, 15) is 0 Å². The lowest BCUT2D eigenvalue weighted by Gasteiger charge is -2.03. The molecular formula is C13H29NOS. The molecular weight excluding hydrogens is 218 g/mol. The van der Waals surface area contributed by atoms with Gasteiger partial charge < -0.3 is 10.5 Å². The average molecular weight is 247 g/mol.